The summed E-state index contributed by atoms with van der Waals surface area (Å²) in [6, 6.07) is 7.05. The second-order valence-electron chi connectivity index (χ2n) is 5.30. The van der Waals surface area contributed by atoms with Gasteiger partial charge in [-0.1, -0.05) is 6.07 Å². The van der Waals surface area contributed by atoms with Crippen LogP contribution in [0.25, 0.3) is 0 Å². The van der Waals surface area contributed by atoms with Crippen LogP contribution >= 0.6 is 0 Å². The quantitative estimate of drug-likeness (QED) is 0.647. The predicted molar refractivity (Wildman–Crippen MR) is 84.2 cm³/mol. The summed E-state index contributed by atoms with van der Waals surface area (Å²) in [6.45, 7) is -0.416. The Morgan fingerprint density at radius 3 is 2.54 bits per heavy atom. The summed E-state index contributed by atoms with van der Waals surface area (Å²) in [5, 5.41) is 21.1. The summed E-state index contributed by atoms with van der Waals surface area (Å²) in [6.07, 6.45) is -1.40. The van der Waals surface area contributed by atoms with Crippen molar-refractivity contribution in [2.75, 3.05) is 25.6 Å². The molecule has 0 spiro atoms. The van der Waals surface area contributed by atoms with Crippen molar-refractivity contribution in [1.82, 2.24) is 0 Å². The minimum absolute atomic E-state index is 0.0484. The van der Waals surface area contributed by atoms with E-state index < -0.39 is 29.3 Å². The summed E-state index contributed by atoms with van der Waals surface area (Å²) in [5.41, 5.74) is 0.244. The highest BCUT2D eigenvalue weighted by atomic mass is 19.1. The van der Waals surface area contributed by atoms with Gasteiger partial charge in [-0.25, -0.2) is 8.78 Å². The van der Waals surface area contributed by atoms with Crippen molar-refractivity contribution in [3.8, 4) is 5.75 Å². The van der Waals surface area contributed by atoms with Crippen LogP contribution in [-0.4, -0.2) is 30.7 Å². The molecule has 8 heteroatoms. The van der Waals surface area contributed by atoms with E-state index in [0.717, 1.165) is 12.1 Å². The van der Waals surface area contributed by atoms with E-state index in [2.05, 4.69) is 0 Å². The Bertz CT molecular complexity index is 753. The van der Waals surface area contributed by atoms with Crippen molar-refractivity contribution in [3.05, 3.63) is 63.7 Å². The van der Waals surface area contributed by atoms with E-state index in [1.807, 2.05) is 0 Å². The first-order valence-electron chi connectivity index (χ1n) is 7.01. The molecule has 0 amide bonds. The lowest BCUT2D eigenvalue weighted by molar-refractivity contribution is -0.385. The molecule has 0 aliphatic carbocycles. The maximum atomic E-state index is 13.6. The molecule has 1 unspecified atom stereocenters. The number of aliphatic hydroxyl groups is 1. The van der Waals surface area contributed by atoms with E-state index >= 15 is 0 Å². The molecule has 24 heavy (non-hydrogen) atoms. The third-order valence-electron chi connectivity index (χ3n) is 3.37. The molecule has 2 rings (SSSR count). The number of nitro benzene ring substituents is 1. The van der Waals surface area contributed by atoms with Crippen molar-refractivity contribution >= 4 is 11.4 Å². The molecule has 0 aliphatic heterocycles. The zero-order valence-corrected chi connectivity index (χ0v) is 13.1. The van der Waals surface area contributed by atoms with E-state index in [9.17, 15) is 24.0 Å². The molecule has 0 saturated heterocycles. The van der Waals surface area contributed by atoms with Crippen molar-refractivity contribution in [3.63, 3.8) is 0 Å². The summed E-state index contributed by atoms with van der Waals surface area (Å²) < 4.78 is 31.8. The molecule has 128 valence electrons. The van der Waals surface area contributed by atoms with Crippen LogP contribution < -0.4 is 9.64 Å². The fraction of sp³-hybridized carbons (Fsp3) is 0.250. The Hall–Kier alpha value is -2.74. The Morgan fingerprint density at radius 2 is 1.96 bits per heavy atom. The van der Waals surface area contributed by atoms with Gasteiger partial charge in [0.05, 0.1) is 4.92 Å². The Labute approximate surface area is 137 Å². The topological polar surface area (TPSA) is 75.8 Å². The van der Waals surface area contributed by atoms with Crippen molar-refractivity contribution < 1.29 is 23.5 Å². The molecule has 1 atom stereocenters. The predicted octanol–water partition coefficient (Wildman–Crippen LogP) is 3.05. The van der Waals surface area contributed by atoms with Gasteiger partial charge in [0.15, 0.2) is 5.75 Å². The Kier molecular flexibility index (Phi) is 5.30. The molecule has 0 aliphatic rings. The number of aliphatic hydroxyl groups excluding tert-OH is 1. The smallest absolute Gasteiger partial charge is 0.311 e. The fourth-order valence-electron chi connectivity index (χ4n) is 2.08. The van der Waals surface area contributed by atoms with Gasteiger partial charge in [0.2, 0.25) is 0 Å². The largest absolute Gasteiger partial charge is 0.484 e. The summed E-state index contributed by atoms with van der Waals surface area (Å²) in [4.78, 5) is 12.2. The molecular weight excluding hydrogens is 322 g/mol. The molecule has 1 N–H and O–H groups in total. The summed E-state index contributed by atoms with van der Waals surface area (Å²) in [7, 11) is 3.52. The molecular formula is C16H16F2N2O4. The molecule has 2 aromatic carbocycles. The molecule has 0 fully saturated rings. The highest BCUT2D eigenvalue weighted by Crippen LogP contribution is 2.32. The second-order valence-corrected chi connectivity index (χ2v) is 5.30. The van der Waals surface area contributed by atoms with Crippen molar-refractivity contribution in [1.29, 1.82) is 0 Å². The third kappa shape index (κ3) is 3.96. The van der Waals surface area contributed by atoms with Gasteiger partial charge >= 0.3 is 5.69 Å². The van der Waals surface area contributed by atoms with Gasteiger partial charge < -0.3 is 14.7 Å². The standard InChI is InChI=1S/C16H16F2N2O4/c1-19(2)11-4-6-14(20(22)23)16(8-11)24-9-15(21)12-5-3-10(17)7-13(12)18/h3-8,15,21H,9H2,1-2H3. The number of nitrogens with zero attached hydrogens (tertiary/aromatic N) is 2. The monoisotopic (exact) mass is 338 g/mol. The van der Waals surface area contributed by atoms with Crippen LogP contribution in [0.15, 0.2) is 36.4 Å². The maximum Gasteiger partial charge on any atom is 0.311 e. The zero-order chi connectivity index (χ0) is 17.9. The van der Waals surface area contributed by atoms with Gasteiger partial charge in [-0.3, -0.25) is 10.1 Å². The van der Waals surface area contributed by atoms with Crippen LogP contribution in [0.3, 0.4) is 0 Å². The average Bonchev–Trinajstić information content (AvgIpc) is 2.52. The average molecular weight is 338 g/mol. The van der Waals surface area contributed by atoms with E-state index in [-0.39, 0.29) is 17.0 Å². The minimum atomic E-state index is -1.40. The summed E-state index contributed by atoms with van der Waals surface area (Å²) in [5.74, 6) is -1.73. The van der Waals surface area contributed by atoms with Gasteiger partial charge in [-0.05, 0) is 12.1 Å². The number of hydrogen-bond acceptors (Lipinski definition) is 5. The molecule has 0 saturated carbocycles. The Balaban J connectivity index is 2.20. The van der Waals surface area contributed by atoms with Crippen LogP contribution in [0, 0.1) is 21.7 Å². The van der Waals surface area contributed by atoms with Crippen LogP contribution in [0.1, 0.15) is 11.7 Å². The Morgan fingerprint density at radius 1 is 1.25 bits per heavy atom. The molecule has 0 bridgehead atoms. The number of anilines is 1. The summed E-state index contributed by atoms with van der Waals surface area (Å²) >= 11 is 0. The molecule has 0 radical (unpaired) electrons. The number of hydrogen-bond donors (Lipinski definition) is 1. The number of nitro groups is 1. The van der Waals surface area contributed by atoms with Crippen LogP contribution in [0.2, 0.25) is 0 Å². The van der Waals surface area contributed by atoms with Gasteiger partial charge in [0, 0.05) is 43.5 Å². The van der Waals surface area contributed by atoms with Crippen molar-refractivity contribution in [2.45, 2.75) is 6.10 Å². The van der Waals surface area contributed by atoms with E-state index in [0.29, 0.717) is 11.8 Å². The van der Waals surface area contributed by atoms with Gasteiger partial charge in [0.1, 0.15) is 24.3 Å². The molecule has 6 nitrogen and oxygen atoms in total. The highest BCUT2D eigenvalue weighted by Gasteiger charge is 2.19. The van der Waals surface area contributed by atoms with Gasteiger partial charge in [0.25, 0.3) is 0 Å². The first-order chi connectivity index (χ1) is 11.3. The zero-order valence-electron chi connectivity index (χ0n) is 13.1. The van der Waals surface area contributed by atoms with Crippen LogP contribution in [0.5, 0.6) is 5.75 Å². The van der Waals surface area contributed by atoms with Crippen LogP contribution in [-0.2, 0) is 0 Å². The van der Waals surface area contributed by atoms with Crippen molar-refractivity contribution in [2.24, 2.45) is 0 Å². The first-order valence-corrected chi connectivity index (χ1v) is 7.01. The number of benzene rings is 2. The highest BCUT2D eigenvalue weighted by molar-refractivity contribution is 5.58. The van der Waals surface area contributed by atoms with Gasteiger partial charge in [-0.15, -0.1) is 0 Å². The number of rotatable bonds is 6. The minimum Gasteiger partial charge on any atom is -0.484 e. The molecule has 2 aromatic rings. The first kappa shape index (κ1) is 17.6. The maximum absolute atomic E-state index is 13.6. The number of ether oxygens (including phenoxy) is 1. The van der Waals surface area contributed by atoms with E-state index in [1.54, 1.807) is 25.1 Å². The SMILES string of the molecule is CN(C)c1ccc([N+](=O)[O-])c(OCC(O)c2ccc(F)cc2F)c1. The van der Waals surface area contributed by atoms with Gasteiger partial charge in [-0.2, -0.15) is 0 Å². The fourth-order valence-corrected chi connectivity index (χ4v) is 2.08. The molecule has 0 heterocycles. The van der Waals surface area contributed by atoms with E-state index in [4.69, 9.17) is 4.74 Å². The third-order valence-corrected chi connectivity index (χ3v) is 3.37. The number of halogens is 2. The lowest BCUT2D eigenvalue weighted by atomic mass is 10.1. The second kappa shape index (κ2) is 7.22. The van der Waals surface area contributed by atoms with E-state index in [1.165, 1.54) is 12.1 Å². The lowest BCUT2D eigenvalue weighted by Crippen LogP contribution is -2.13. The molecule has 0 aromatic heterocycles. The normalized spacial score (nSPS) is 11.9. The lowest BCUT2D eigenvalue weighted by Gasteiger charge is -2.16. The van der Waals surface area contributed by atoms with Crippen LogP contribution in [0.4, 0.5) is 20.2 Å².